The van der Waals surface area contributed by atoms with Gasteiger partial charge in [-0.25, -0.2) is 13.8 Å². The molecule has 0 saturated heterocycles. The van der Waals surface area contributed by atoms with E-state index in [1.165, 1.54) is 36.6 Å². The average molecular weight is 477 g/mol. The van der Waals surface area contributed by atoms with Crippen LogP contribution in [0.15, 0.2) is 81.3 Å². The molecule has 0 aliphatic carbocycles. The largest absolute Gasteiger partial charge is 0.468 e. The molecule has 0 radical (unpaired) electrons. The van der Waals surface area contributed by atoms with Crippen molar-refractivity contribution in [1.29, 1.82) is 0 Å². The van der Waals surface area contributed by atoms with Gasteiger partial charge in [0.2, 0.25) is 10.0 Å². The lowest BCUT2D eigenvalue weighted by molar-refractivity contribution is -0.384. The summed E-state index contributed by atoms with van der Waals surface area (Å²) in [6, 6.07) is 14.6. The number of halogens is 1. The van der Waals surface area contributed by atoms with E-state index in [4.69, 9.17) is 16.0 Å². The van der Waals surface area contributed by atoms with E-state index in [0.717, 1.165) is 10.5 Å². The normalized spacial score (nSPS) is 11.7. The highest BCUT2D eigenvalue weighted by molar-refractivity contribution is 7.89. The zero-order valence-electron chi connectivity index (χ0n) is 16.4. The van der Waals surface area contributed by atoms with Crippen molar-refractivity contribution < 1.29 is 22.6 Å². The highest BCUT2D eigenvalue weighted by Gasteiger charge is 2.27. The van der Waals surface area contributed by atoms with Crippen LogP contribution in [0.2, 0.25) is 5.02 Å². The van der Waals surface area contributed by atoms with E-state index in [1.54, 1.807) is 30.3 Å². The molecule has 1 N–H and O–H groups in total. The highest BCUT2D eigenvalue weighted by Crippen LogP contribution is 2.21. The molecule has 0 aliphatic rings. The predicted octanol–water partition coefficient (Wildman–Crippen LogP) is 3.18. The summed E-state index contributed by atoms with van der Waals surface area (Å²) in [6.45, 7) is -0.712. The summed E-state index contributed by atoms with van der Waals surface area (Å²) < 4.78 is 32.2. The molecule has 32 heavy (non-hydrogen) atoms. The Balaban J connectivity index is 1.75. The van der Waals surface area contributed by atoms with Gasteiger partial charge >= 0.3 is 0 Å². The van der Waals surface area contributed by atoms with Crippen LogP contribution in [0.5, 0.6) is 0 Å². The SMILES string of the molecule is O=C(CN(Cc1ccco1)S(=O)(=O)c1ccccc1)NN=Cc1cc([N+](=O)[O-])ccc1Cl. The van der Waals surface area contributed by atoms with E-state index >= 15 is 0 Å². The number of nitro groups is 1. The first kappa shape index (κ1) is 23.1. The van der Waals surface area contributed by atoms with Crippen LogP contribution in [0.3, 0.4) is 0 Å². The summed E-state index contributed by atoms with van der Waals surface area (Å²) in [5.74, 6) is -0.377. The number of carbonyl (C=O) groups excluding carboxylic acids is 1. The number of amides is 1. The molecule has 0 spiro atoms. The van der Waals surface area contributed by atoms with Crippen molar-refractivity contribution >= 4 is 39.4 Å². The molecule has 0 atom stereocenters. The molecular formula is C20H17ClN4O6S. The molecule has 0 aliphatic heterocycles. The first-order valence-electron chi connectivity index (χ1n) is 9.11. The molecule has 12 heteroatoms. The molecule has 0 unspecified atom stereocenters. The number of nitrogens with one attached hydrogen (secondary N) is 1. The third-order valence-corrected chi connectivity index (χ3v) is 6.35. The molecule has 2 aromatic carbocycles. The Hall–Kier alpha value is -3.54. The number of nitro benzene ring substituents is 1. The number of furan rings is 1. The number of sulfonamides is 1. The van der Waals surface area contributed by atoms with Crippen molar-refractivity contribution in [3.8, 4) is 0 Å². The number of carbonyl (C=O) groups is 1. The van der Waals surface area contributed by atoms with E-state index in [1.807, 2.05) is 0 Å². The summed E-state index contributed by atoms with van der Waals surface area (Å²) in [5, 5.41) is 14.8. The van der Waals surface area contributed by atoms with Crippen molar-refractivity contribution in [2.24, 2.45) is 5.10 Å². The summed E-state index contributed by atoms with van der Waals surface area (Å²) in [7, 11) is -4.01. The van der Waals surface area contributed by atoms with Crippen molar-refractivity contribution in [3.05, 3.63) is 93.4 Å². The Bertz CT molecular complexity index is 1230. The van der Waals surface area contributed by atoms with Gasteiger partial charge in [-0.1, -0.05) is 29.8 Å². The quantitative estimate of drug-likeness (QED) is 0.286. The Morgan fingerprint density at radius 3 is 2.59 bits per heavy atom. The molecule has 1 amide bonds. The monoisotopic (exact) mass is 476 g/mol. The molecule has 0 saturated carbocycles. The Labute approximate surface area is 188 Å². The van der Waals surface area contributed by atoms with Crippen LogP contribution in [0.4, 0.5) is 5.69 Å². The van der Waals surface area contributed by atoms with E-state index in [-0.39, 0.29) is 27.7 Å². The van der Waals surface area contributed by atoms with E-state index in [9.17, 15) is 23.3 Å². The maximum Gasteiger partial charge on any atom is 0.270 e. The van der Waals surface area contributed by atoms with Crippen LogP contribution >= 0.6 is 11.6 Å². The molecule has 1 heterocycles. The zero-order valence-corrected chi connectivity index (χ0v) is 18.0. The number of benzene rings is 2. The van der Waals surface area contributed by atoms with E-state index in [2.05, 4.69) is 10.5 Å². The fraction of sp³-hybridized carbons (Fsp3) is 0.100. The standard InChI is InChI=1S/C20H17ClN4O6S/c21-19-9-8-16(25(27)28)11-15(19)12-22-23-20(26)14-24(13-17-5-4-10-31-17)32(29,30)18-6-2-1-3-7-18/h1-12H,13-14H2,(H,23,26). The minimum absolute atomic E-state index is 0.0197. The van der Waals surface area contributed by atoms with Crippen LogP contribution in [-0.2, 0) is 21.4 Å². The van der Waals surface area contributed by atoms with Crippen LogP contribution in [0.1, 0.15) is 11.3 Å². The summed E-state index contributed by atoms with van der Waals surface area (Å²) in [4.78, 5) is 22.7. The number of hydrogen-bond donors (Lipinski definition) is 1. The van der Waals surface area contributed by atoms with Gasteiger partial charge in [0.05, 0.1) is 35.4 Å². The Morgan fingerprint density at radius 2 is 1.94 bits per heavy atom. The maximum absolute atomic E-state index is 13.0. The second-order valence-corrected chi connectivity index (χ2v) is 8.77. The highest BCUT2D eigenvalue weighted by atomic mass is 35.5. The number of non-ortho nitro benzene ring substituents is 1. The number of hydrazone groups is 1. The molecule has 0 fully saturated rings. The first-order valence-corrected chi connectivity index (χ1v) is 10.9. The molecule has 3 rings (SSSR count). The van der Waals surface area contributed by atoms with Crippen LogP contribution in [0.25, 0.3) is 0 Å². The lowest BCUT2D eigenvalue weighted by atomic mass is 10.2. The Morgan fingerprint density at radius 1 is 1.19 bits per heavy atom. The van der Waals surface area contributed by atoms with Crippen molar-refractivity contribution in [3.63, 3.8) is 0 Å². The van der Waals surface area contributed by atoms with E-state index < -0.39 is 27.4 Å². The number of rotatable bonds is 9. The second kappa shape index (κ2) is 10.2. The van der Waals surface area contributed by atoms with Gasteiger partial charge in [0.25, 0.3) is 11.6 Å². The smallest absolute Gasteiger partial charge is 0.270 e. The topological polar surface area (TPSA) is 135 Å². The third-order valence-electron chi connectivity index (χ3n) is 4.20. The summed E-state index contributed by atoms with van der Waals surface area (Å²) in [6.07, 6.45) is 2.53. The van der Waals surface area contributed by atoms with Gasteiger partial charge in [0.1, 0.15) is 5.76 Å². The zero-order chi connectivity index (χ0) is 23.1. The van der Waals surface area contributed by atoms with Crippen LogP contribution in [-0.4, -0.2) is 36.3 Å². The molecule has 1 aromatic heterocycles. The number of nitrogens with zero attached hydrogens (tertiary/aromatic N) is 3. The average Bonchev–Trinajstić information content (AvgIpc) is 3.28. The first-order chi connectivity index (χ1) is 15.3. The van der Waals surface area contributed by atoms with Crippen molar-refractivity contribution in [1.82, 2.24) is 9.73 Å². The predicted molar refractivity (Wildman–Crippen MR) is 117 cm³/mol. The van der Waals surface area contributed by atoms with Gasteiger partial charge in [-0.15, -0.1) is 0 Å². The molecule has 3 aromatic rings. The molecule has 0 bridgehead atoms. The van der Waals surface area contributed by atoms with E-state index in [0.29, 0.717) is 5.76 Å². The lowest BCUT2D eigenvalue weighted by Crippen LogP contribution is -2.39. The molecule has 10 nitrogen and oxygen atoms in total. The third kappa shape index (κ3) is 5.78. The summed E-state index contributed by atoms with van der Waals surface area (Å²) in [5.41, 5.74) is 2.23. The molecular weight excluding hydrogens is 460 g/mol. The van der Waals surface area contributed by atoms with Gasteiger partial charge in [-0.3, -0.25) is 14.9 Å². The van der Waals surface area contributed by atoms with Gasteiger partial charge in [0, 0.05) is 22.7 Å². The fourth-order valence-electron chi connectivity index (χ4n) is 2.66. The van der Waals surface area contributed by atoms with Crippen LogP contribution < -0.4 is 5.43 Å². The molecule has 166 valence electrons. The lowest BCUT2D eigenvalue weighted by Gasteiger charge is -2.20. The van der Waals surface area contributed by atoms with Gasteiger partial charge < -0.3 is 4.42 Å². The second-order valence-electron chi connectivity index (χ2n) is 6.42. The van der Waals surface area contributed by atoms with Gasteiger partial charge in [0.15, 0.2) is 0 Å². The minimum atomic E-state index is -4.01. The van der Waals surface area contributed by atoms with Crippen molar-refractivity contribution in [2.45, 2.75) is 11.4 Å². The maximum atomic E-state index is 13.0. The summed E-state index contributed by atoms with van der Waals surface area (Å²) >= 11 is 5.98. The fourth-order valence-corrected chi connectivity index (χ4v) is 4.21. The number of hydrogen-bond acceptors (Lipinski definition) is 7. The van der Waals surface area contributed by atoms with Gasteiger partial charge in [-0.2, -0.15) is 9.41 Å². The van der Waals surface area contributed by atoms with Gasteiger partial charge in [-0.05, 0) is 30.3 Å². The van der Waals surface area contributed by atoms with Crippen molar-refractivity contribution in [2.75, 3.05) is 6.54 Å². The minimum Gasteiger partial charge on any atom is -0.468 e. The Kier molecular flexibility index (Phi) is 7.36. The van der Waals surface area contributed by atoms with Crippen LogP contribution in [0, 0.1) is 10.1 Å².